The summed E-state index contributed by atoms with van der Waals surface area (Å²) in [5, 5.41) is 2.50. The minimum atomic E-state index is -0.514. The summed E-state index contributed by atoms with van der Waals surface area (Å²) in [6.07, 6.45) is 0. The molecule has 1 aromatic heterocycles. The normalized spacial score (nSPS) is 14.3. The number of para-hydroxylation sites is 2. The Balaban J connectivity index is 0.903. The summed E-state index contributed by atoms with van der Waals surface area (Å²) in [6, 6.07) is 105. The van der Waals surface area contributed by atoms with Crippen LogP contribution < -0.4 is 4.90 Å². The van der Waals surface area contributed by atoms with Gasteiger partial charge in [-0.15, -0.1) is 0 Å². The smallest absolute Gasteiger partial charge is 0.0736 e. The predicted octanol–water partition coefficient (Wildman–Crippen LogP) is 19.6. The van der Waals surface area contributed by atoms with Crippen LogP contribution in [0.15, 0.2) is 299 Å². The van der Waals surface area contributed by atoms with Crippen molar-refractivity contribution in [1.29, 1.82) is 0 Å². The van der Waals surface area contributed by atoms with Crippen LogP contribution in [-0.4, -0.2) is 4.57 Å². The monoisotopic (exact) mass is 1030 g/mol. The van der Waals surface area contributed by atoms with Crippen LogP contribution in [0.25, 0.3) is 60.9 Å². The van der Waals surface area contributed by atoms with Crippen LogP contribution in [0.2, 0.25) is 0 Å². The van der Waals surface area contributed by atoms with Crippen molar-refractivity contribution in [3.8, 4) is 39.1 Å². The van der Waals surface area contributed by atoms with Crippen molar-refractivity contribution in [1.82, 2.24) is 4.57 Å². The van der Waals surface area contributed by atoms with Gasteiger partial charge in [0.15, 0.2) is 0 Å². The third-order valence-electron chi connectivity index (χ3n) is 17.3. The van der Waals surface area contributed by atoms with Gasteiger partial charge in [-0.3, -0.25) is 0 Å². The molecule has 3 heterocycles. The van der Waals surface area contributed by atoms with Crippen LogP contribution in [0.5, 0.6) is 0 Å². The molecule has 12 aromatic carbocycles. The number of anilines is 3. The fraction of sp³-hybridized carbons (Fsp3) is 0.0270. The molecule has 78 heavy (non-hydrogen) atoms. The molecule has 364 valence electrons. The van der Waals surface area contributed by atoms with Crippen molar-refractivity contribution >= 4 is 62.4 Å². The van der Waals surface area contributed by atoms with Crippen LogP contribution in [0.3, 0.4) is 0 Å². The van der Waals surface area contributed by atoms with E-state index in [0.717, 1.165) is 22.7 Å². The van der Waals surface area contributed by atoms with Gasteiger partial charge in [0.1, 0.15) is 0 Å². The average Bonchev–Trinajstić information content (AvgIpc) is 4.23. The molecule has 0 saturated heterocycles. The first kappa shape index (κ1) is 44.1. The van der Waals surface area contributed by atoms with Crippen LogP contribution in [0.4, 0.5) is 17.1 Å². The molecule has 0 radical (unpaired) electrons. The topological polar surface area (TPSA) is 8.17 Å². The van der Waals surface area contributed by atoms with Crippen LogP contribution >= 0.6 is 23.5 Å². The lowest BCUT2D eigenvalue weighted by atomic mass is 9.67. The number of nitrogens with zero attached hydrogens (tertiary/aromatic N) is 2. The van der Waals surface area contributed by atoms with Crippen molar-refractivity contribution < 1.29 is 0 Å². The van der Waals surface area contributed by atoms with Crippen LogP contribution in [0.1, 0.15) is 44.5 Å². The van der Waals surface area contributed by atoms with Gasteiger partial charge in [0.05, 0.1) is 27.6 Å². The Morgan fingerprint density at radius 3 is 1.42 bits per heavy atom. The fourth-order valence-corrected chi connectivity index (χ4v) is 16.7. The van der Waals surface area contributed by atoms with Gasteiger partial charge in [-0.1, -0.05) is 224 Å². The molecular weight excluding hydrogens is 981 g/mol. The highest BCUT2D eigenvalue weighted by Gasteiger charge is 2.52. The van der Waals surface area contributed by atoms with Gasteiger partial charge in [-0.2, -0.15) is 0 Å². The largest absolute Gasteiger partial charge is 0.310 e. The van der Waals surface area contributed by atoms with E-state index in [4.69, 9.17) is 0 Å². The number of hydrogen-bond acceptors (Lipinski definition) is 3. The molecule has 0 unspecified atom stereocenters. The Hall–Kier alpha value is -9.06. The highest BCUT2D eigenvalue weighted by atomic mass is 32.2. The molecule has 0 fully saturated rings. The van der Waals surface area contributed by atoms with Crippen molar-refractivity contribution in [2.45, 2.75) is 30.4 Å². The second-order valence-corrected chi connectivity index (χ2v) is 23.2. The number of rotatable bonds is 5. The predicted molar refractivity (Wildman–Crippen MR) is 324 cm³/mol. The fourth-order valence-electron chi connectivity index (χ4n) is 14.3. The van der Waals surface area contributed by atoms with Gasteiger partial charge < -0.3 is 9.47 Å². The minimum Gasteiger partial charge on any atom is -0.310 e. The van der Waals surface area contributed by atoms with E-state index in [2.05, 4.69) is 289 Å². The maximum absolute atomic E-state index is 2.55. The summed E-state index contributed by atoms with van der Waals surface area (Å²) in [5.41, 5.74) is 24.0. The molecule has 0 amide bonds. The van der Waals surface area contributed by atoms with E-state index in [9.17, 15) is 0 Å². The van der Waals surface area contributed by atoms with E-state index in [1.54, 1.807) is 0 Å². The van der Waals surface area contributed by atoms with Crippen molar-refractivity contribution in [2.75, 3.05) is 4.90 Å². The summed E-state index contributed by atoms with van der Waals surface area (Å²) >= 11 is 3.78. The minimum absolute atomic E-state index is 0.470. The molecule has 0 atom stereocenters. The zero-order chi connectivity index (χ0) is 51.1. The zero-order valence-electron chi connectivity index (χ0n) is 42.3. The molecule has 2 spiro atoms. The Bertz CT molecular complexity index is 4550. The van der Waals surface area contributed by atoms with E-state index < -0.39 is 10.8 Å². The molecule has 13 aromatic rings. The summed E-state index contributed by atoms with van der Waals surface area (Å²) in [4.78, 5) is 7.77. The highest BCUT2D eigenvalue weighted by Crippen LogP contribution is 2.66. The number of hydrogen-bond donors (Lipinski definition) is 0. The van der Waals surface area contributed by atoms with E-state index >= 15 is 0 Å². The summed E-state index contributed by atoms with van der Waals surface area (Å²) in [6.45, 7) is 0. The van der Waals surface area contributed by atoms with Gasteiger partial charge in [-0.25, -0.2) is 0 Å². The molecular formula is C74H46N2S2. The van der Waals surface area contributed by atoms with Gasteiger partial charge in [-0.05, 0) is 151 Å². The van der Waals surface area contributed by atoms with Crippen molar-refractivity contribution in [3.05, 3.63) is 324 Å². The molecule has 0 saturated carbocycles. The Morgan fingerprint density at radius 2 is 0.769 bits per heavy atom. The zero-order valence-corrected chi connectivity index (χ0v) is 43.9. The summed E-state index contributed by atoms with van der Waals surface area (Å²) < 4.78 is 2.41. The molecule has 0 N–H and O–H groups in total. The van der Waals surface area contributed by atoms with Gasteiger partial charge >= 0.3 is 0 Å². The lowest BCUT2D eigenvalue weighted by Gasteiger charge is -2.40. The van der Waals surface area contributed by atoms with Crippen molar-refractivity contribution in [3.63, 3.8) is 0 Å². The number of fused-ring (bicyclic) bond motifs is 21. The molecule has 2 aliphatic heterocycles. The Kier molecular flexibility index (Phi) is 9.45. The Morgan fingerprint density at radius 1 is 0.295 bits per heavy atom. The van der Waals surface area contributed by atoms with Gasteiger partial charge in [0.2, 0.25) is 0 Å². The first-order chi connectivity index (χ1) is 38.7. The average molecular weight is 1030 g/mol. The molecule has 4 heteroatoms. The quantitative estimate of drug-likeness (QED) is 0.170. The summed E-state index contributed by atoms with van der Waals surface area (Å²) in [7, 11) is 0. The van der Waals surface area contributed by atoms with Gasteiger partial charge in [0.25, 0.3) is 0 Å². The maximum atomic E-state index is 2.55. The molecule has 2 nitrogen and oxygen atoms in total. The molecule has 0 bridgehead atoms. The van der Waals surface area contributed by atoms with E-state index in [-0.39, 0.29) is 0 Å². The third-order valence-corrected chi connectivity index (χ3v) is 19.6. The number of benzene rings is 12. The second-order valence-electron chi connectivity index (χ2n) is 21.0. The van der Waals surface area contributed by atoms with Crippen LogP contribution in [-0.2, 0) is 10.8 Å². The molecule has 4 aliphatic rings. The SMILES string of the molecule is c1ccc(-n2c3ccccc3c3ccc(-c4ccc(N(c5ccc6c(c5)-c5ccccc5C65c6ccccc6Sc6ccccc65)c5cccc6c5-c5ccccc5C65c6ccccc6Sc6ccccc65)cc4)cc32)cc1. The lowest BCUT2D eigenvalue weighted by Crippen LogP contribution is -2.32. The first-order valence-electron chi connectivity index (χ1n) is 26.9. The maximum Gasteiger partial charge on any atom is 0.0736 e. The third kappa shape index (κ3) is 5.91. The lowest BCUT2D eigenvalue weighted by molar-refractivity contribution is 0.722. The van der Waals surface area contributed by atoms with E-state index in [0.29, 0.717) is 0 Å². The molecule has 17 rings (SSSR count). The second kappa shape index (κ2) is 16.7. The van der Waals surface area contributed by atoms with Crippen molar-refractivity contribution in [2.24, 2.45) is 0 Å². The first-order valence-corrected chi connectivity index (χ1v) is 28.5. The van der Waals surface area contributed by atoms with Crippen LogP contribution in [0, 0.1) is 0 Å². The van der Waals surface area contributed by atoms with E-state index in [1.807, 2.05) is 23.5 Å². The highest BCUT2D eigenvalue weighted by molar-refractivity contribution is 7.99. The summed E-state index contributed by atoms with van der Waals surface area (Å²) in [5.74, 6) is 0. The standard InChI is InChI=1S/C74H46N2S2/c1-2-19-49(20-3-1)76-65-31-13-6-22-53(65)54-43-39-48(45-67(54)76)47-37-40-50(41-38-47)75(51-42-44-59-56(46-51)52-21-4-7-24-57(52)73(59)60-26-9-14-33-68(60)77-69-34-15-10-27-61(69)73)66-32-18-30-64-72(66)55-23-5-8-25-58(55)74(64)62-28-11-16-35-70(62)78-71-36-17-12-29-63(71)74/h1-46H. The van der Waals surface area contributed by atoms with E-state index in [1.165, 1.54) is 119 Å². The number of aromatic nitrogens is 1. The van der Waals surface area contributed by atoms with Gasteiger partial charge in [0, 0.05) is 53.0 Å². The molecule has 2 aliphatic carbocycles. The Labute approximate surface area is 461 Å².